The van der Waals surface area contributed by atoms with Crippen LogP contribution < -0.4 is 9.67 Å². The SMILES string of the molecule is CC(=O)Nc1ccc([As]=O)c(C(=O)O)c1.[Na]. The molecule has 1 rings (SSSR count). The predicted molar refractivity (Wildman–Crippen MR) is 59.5 cm³/mol. The van der Waals surface area contributed by atoms with Gasteiger partial charge < -0.3 is 0 Å². The van der Waals surface area contributed by atoms with Crippen molar-refractivity contribution in [3.05, 3.63) is 23.8 Å². The number of anilines is 1. The van der Waals surface area contributed by atoms with Crippen LogP contribution in [0.5, 0.6) is 0 Å². The number of amides is 1. The largest absolute Gasteiger partial charge is 0 e. The molecule has 0 saturated carbocycles. The van der Waals surface area contributed by atoms with Crippen LogP contribution in [0.2, 0.25) is 0 Å². The van der Waals surface area contributed by atoms with Gasteiger partial charge in [-0.2, -0.15) is 0 Å². The van der Waals surface area contributed by atoms with Crippen LogP contribution in [0.4, 0.5) is 5.69 Å². The van der Waals surface area contributed by atoms with E-state index in [1.54, 1.807) is 0 Å². The van der Waals surface area contributed by atoms with Gasteiger partial charge in [0.1, 0.15) is 0 Å². The van der Waals surface area contributed by atoms with Crippen LogP contribution in [0.15, 0.2) is 18.2 Å². The minimum Gasteiger partial charge on any atom is 0 e. The molecule has 0 aliphatic rings. The molecule has 0 unspecified atom stereocenters. The molecule has 1 amide bonds. The first kappa shape index (κ1) is 15.5. The van der Waals surface area contributed by atoms with Gasteiger partial charge in [-0.25, -0.2) is 0 Å². The molecule has 79 valence electrons. The molecular formula is C9H8AsNNaO4. The van der Waals surface area contributed by atoms with Crippen LogP contribution in [-0.4, -0.2) is 62.2 Å². The zero-order valence-corrected chi connectivity index (χ0v) is 12.7. The molecule has 0 aliphatic carbocycles. The molecule has 16 heavy (non-hydrogen) atoms. The van der Waals surface area contributed by atoms with Crippen molar-refractivity contribution >= 4 is 67.2 Å². The Morgan fingerprint density at radius 3 is 2.44 bits per heavy atom. The average molecular weight is 292 g/mol. The first-order valence-electron chi connectivity index (χ1n) is 4.03. The summed E-state index contributed by atoms with van der Waals surface area (Å²) in [7, 11) is 0. The van der Waals surface area contributed by atoms with Gasteiger partial charge in [0, 0.05) is 29.6 Å². The molecule has 0 aromatic heterocycles. The van der Waals surface area contributed by atoms with E-state index >= 15 is 0 Å². The summed E-state index contributed by atoms with van der Waals surface area (Å²) in [5.41, 5.74) is 0.356. The van der Waals surface area contributed by atoms with Gasteiger partial charge in [-0.3, -0.25) is 0 Å². The molecule has 0 spiro atoms. The standard InChI is InChI=1S/C9H8AsNO4.Na/c1-5(12)11-6-2-3-8(10-15)7(4-6)9(13)14;/h2-4H,1H3,(H,11,12)(H,13,14);. The number of nitrogens with one attached hydrogen (secondary N) is 1. The van der Waals surface area contributed by atoms with Gasteiger partial charge in [0.15, 0.2) is 0 Å². The molecule has 5 nitrogen and oxygen atoms in total. The number of carboxylic acid groups (broad SMARTS) is 1. The number of carboxylic acids is 1. The summed E-state index contributed by atoms with van der Waals surface area (Å²) >= 11 is -1.39. The maximum Gasteiger partial charge on any atom is 0 e. The molecule has 7 heteroatoms. The van der Waals surface area contributed by atoms with E-state index in [9.17, 15) is 13.3 Å². The van der Waals surface area contributed by atoms with Crippen molar-refractivity contribution in [2.75, 3.05) is 5.32 Å². The molecule has 1 aromatic carbocycles. The van der Waals surface area contributed by atoms with Crippen molar-refractivity contribution in [1.29, 1.82) is 0 Å². The molecule has 1 aromatic rings. The van der Waals surface area contributed by atoms with Crippen LogP contribution in [0.1, 0.15) is 17.3 Å². The molecule has 0 aliphatic heterocycles. The second-order valence-electron chi connectivity index (χ2n) is 2.81. The van der Waals surface area contributed by atoms with E-state index in [0.29, 0.717) is 10.0 Å². The average Bonchev–Trinajstić information content (AvgIpc) is 2.16. The smallest absolute Gasteiger partial charge is 0 e. The third-order valence-electron chi connectivity index (χ3n) is 1.65. The van der Waals surface area contributed by atoms with Crippen LogP contribution in [0, 0.1) is 0 Å². The van der Waals surface area contributed by atoms with Crippen LogP contribution in [-0.2, 0) is 8.53 Å². The van der Waals surface area contributed by atoms with Crippen molar-refractivity contribution in [3.63, 3.8) is 0 Å². The number of carbonyl (C=O) groups is 2. The zero-order valence-electron chi connectivity index (χ0n) is 8.85. The van der Waals surface area contributed by atoms with E-state index in [4.69, 9.17) is 5.11 Å². The Labute approximate surface area is 121 Å². The normalized spacial score (nSPS) is 9.31. The molecule has 0 fully saturated rings. The van der Waals surface area contributed by atoms with Gasteiger partial charge in [-0.05, 0) is 0 Å². The van der Waals surface area contributed by atoms with Crippen molar-refractivity contribution in [2.45, 2.75) is 6.92 Å². The maximum absolute atomic E-state index is 10.8. The second kappa shape index (κ2) is 6.96. The van der Waals surface area contributed by atoms with E-state index in [1.807, 2.05) is 0 Å². The minimum absolute atomic E-state index is 0. The maximum atomic E-state index is 10.8. The Bertz CT molecular complexity index is 436. The molecule has 0 atom stereocenters. The van der Waals surface area contributed by atoms with Crippen molar-refractivity contribution < 1.29 is 18.4 Å². The predicted octanol–water partition coefficient (Wildman–Crippen LogP) is -0.363. The molecule has 0 heterocycles. The monoisotopic (exact) mass is 292 g/mol. The summed E-state index contributed by atoms with van der Waals surface area (Å²) in [4.78, 5) is 21.5. The quantitative estimate of drug-likeness (QED) is 0.745. The molecular weight excluding hydrogens is 284 g/mol. The number of hydrogen-bond acceptors (Lipinski definition) is 3. The fraction of sp³-hybridized carbons (Fsp3) is 0.111. The fourth-order valence-corrected chi connectivity index (χ4v) is 1.89. The molecule has 0 saturated heterocycles. The van der Waals surface area contributed by atoms with E-state index in [2.05, 4.69) is 5.32 Å². The zero-order chi connectivity index (χ0) is 11.4. The summed E-state index contributed by atoms with van der Waals surface area (Å²) in [5, 5.41) is 11.3. The number of aromatic carboxylic acids is 1. The Hall–Kier alpha value is -0.482. The number of hydrogen-bond donors (Lipinski definition) is 2. The number of carbonyl (C=O) groups excluding carboxylic acids is 1. The van der Waals surface area contributed by atoms with Gasteiger partial charge >= 0.3 is 92.0 Å². The summed E-state index contributed by atoms with van der Waals surface area (Å²) < 4.78 is 11.0. The van der Waals surface area contributed by atoms with Gasteiger partial charge in [0.25, 0.3) is 0 Å². The molecule has 1 radical (unpaired) electrons. The Balaban J connectivity index is 0.00000225. The summed E-state index contributed by atoms with van der Waals surface area (Å²) in [6, 6.07) is 4.27. The van der Waals surface area contributed by atoms with Crippen LogP contribution >= 0.6 is 0 Å². The second-order valence-corrected chi connectivity index (χ2v) is 4.20. The number of benzene rings is 1. The Kier molecular flexibility index (Phi) is 6.75. The Morgan fingerprint density at radius 2 is 2.00 bits per heavy atom. The topological polar surface area (TPSA) is 83.5 Å². The summed E-state index contributed by atoms with van der Waals surface area (Å²) in [6.45, 7) is 1.33. The summed E-state index contributed by atoms with van der Waals surface area (Å²) in [5.74, 6) is -1.43. The third kappa shape index (κ3) is 4.18. The molecule has 0 bridgehead atoms. The third-order valence-corrected chi connectivity index (χ3v) is 2.88. The van der Waals surface area contributed by atoms with Crippen molar-refractivity contribution in [1.82, 2.24) is 0 Å². The molecule has 2 N–H and O–H groups in total. The first-order valence-corrected chi connectivity index (χ1v) is 5.73. The Morgan fingerprint density at radius 1 is 1.38 bits per heavy atom. The number of rotatable bonds is 3. The van der Waals surface area contributed by atoms with Gasteiger partial charge in [0.05, 0.1) is 0 Å². The van der Waals surface area contributed by atoms with Gasteiger partial charge in [0.2, 0.25) is 0 Å². The van der Waals surface area contributed by atoms with Crippen LogP contribution in [0.3, 0.4) is 0 Å². The summed E-state index contributed by atoms with van der Waals surface area (Å²) in [6.07, 6.45) is 0. The van der Waals surface area contributed by atoms with Crippen LogP contribution in [0.25, 0.3) is 0 Å². The van der Waals surface area contributed by atoms with E-state index < -0.39 is 21.7 Å². The van der Waals surface area contributed by atoms with E-state index in [-0.39, 0.29) is 41.0 Å². The van der Waals surface area contributed by atoms with E-state index in [1.165, 1.54) is 25.1 Å². The van der Waals surface area contributed by atoms with Crippen molar-refractivity contribution in [2.24, 2.45) is 0 Å². The van der Waals surface area contributed by atoms with Gasteiger partial charge in [-0.1, -0.05) is 0 Å². The fourth-order valence-electron chi connectivity index (χ4n) is 1.07. The van der Waals surface area contributed by atoms with E-state index in [0.717, 1.165) is 0 Å². The van der Waals surface area contributed by atoms with Gasteiger partial charge in [-0.15, -0.1) is 0 Å². The minimum atomic E-state index is -1.39. The first-order chi connectivity index (χ1) is 7.04. The van der Waals surface area contributed by atoms with Crippen molar-refractivity contribution in [3.8, 4) is 0 Å².